The summed E-state index contributed by atoms with van der Waals surface area (Å²) in [6.45, 7) is 1.38. The summed E-state index contributed by atoms with van der Waals surface area (Å²) < 4.78 is 24.9. The van der Waals surface area contributed by atoms with Crippen molar-refractivity contribution in [1.29, 1.82) is 0 Å². The smallest absolute Gasteiger partial charge is 0.271 e. The van der Waals surface area contributed by atoms with Crippen LogP contribution in [0.5, 0.6) is 0 Å². The Morgan fingerprint density at radius 3 is 2.44 bits per heavy atom. The van der Waals surface area contributed by atoms with Crippen LogP contribution in [0.4, 0.5) is 11.4 Å². The van der Waals surface area contributed by atoms with Crippen LogP contribution < -0.4 is 9.73 Å². The van der Waals surface area contributed by atoms with E-state index in [1.165, 1.54) is 18.2 Å². The van der Waals surface area contributed by atoms with Gasteiger partial charge in [-0.2, -0.15) is 5.10 Å². The molecule has 142 valence electrons. The minimum atomic E-state index is -3.69. The van der Waals surface area contributed by atoms with Crippen molar-refractivity contribution in [3.63, 3.8) is 0 Å². The quantitative estimate of drug-likeness (QED) is 0.439. The number of amides is 1. The average Bonchev–Trinajstić information content (AvgIpc) is 2.60. The fourth-order valence-corrected chi connectivity index (χ4v) is 3.07. The van der Waals surface area contributed by atoms with E-state index >= 15 is 0 Å². The van der Waals surface area contributed by atoms with Gasteiger partial charge in [-0.15, -0.1) is 0 Å². The van der Waals surface area contributed by atoms with E-state index in [2.05, 4.69) is 10.5 Å². The molecular weight excluding hydrogens is 372 g/mol. The number of carbonyl (C=O) groups excluding carboxylic acids is 1. The number of hydrazone groups is 1. The van der Waals surface area contributed by atoms with Crippen LogP contribution in [0.15, 0.2) is 53.6 Å². The van der Waals surface area contributed by atoms with Crippen molar-refractivity contribution in [2.24, 2.45) is 5.10 Å². The molecular formula is C17H18N4O5S. The molecule has 1 amide bonds. The van der Waals surface area contributed by atoms with Crippen LogP contribution in [-0.4, -0.2) is 38.3 Å². The van der Waals surface area contributed by atoms with E-state index in [1.54, 1.807) is 30.3 Å². The first-order chi connectivity index (χ1) is 12.7. The lowest BCUT2D eigenvalue weighted by atomic mass is 10.2. The molecule has 2 rings (SSSR count). The number of aryl methyl sites for hydroxylation is 1. The molecule has 0 radical (unpaired) electrons. The number of nitrogens with one attached hydrogen (secondary N) is 1. The Morgan fingerprint density at radius 2 is 1.85 bits per heavy atom. The van der Waals surface area contributed by atoms with E-state index in [9.17, 15) is 23.3 Å². The first kappa shape index (κ1) is 20.0. The van der Waals surface area contributed by atoms with E-state index in [0.29, 0.717) is 5.69 Å². The fourth-order valence-electron chi connectivity index (χ4n) is 2.21. The monoisotopic (exact) mass is 390 g/mol. The number of para-hydroxylation sites is 1. The third-order valence-corrected chi connectivity index (χ3v) is 4.68. The Labute approximate surface area is 156 Å². The first-order valence-electron chi connectivity index (χ1n) is 7.78. The van der Waals surface area contributed by atoms with Crippen molar-refractivity contribution < 1.29 is 18.1 Å². The Hall–Kier alpha value is -3.27. The van der Waals surface area contributed by atoms with Gasteiger partial charge in [0.05, 0.1) is 28.6 Å². The SMILES string of the molecule is Cc1ccc(N(CC(=O)N/N=C\c2ccccc2[N+](=O)[O-])S(C)(=O)=O)cc1. The molecule has 0 unspecified atom stereocenters. The lowest BCUT2D eigenvalue weighted by Crippen LogP contribution is -2.39. The maximum Gasteiger partial charge on any atom is 0.278 e. The predicted molar refractivity (Wildman–Crippen MR) is 102 cm³/mol. The van der Waals surface area contributed by atoms with Gasteiger partial charge < -0.3 is 0 Å². The highest BCUT2D eigenvalue weighted by molar-refractivity contribution is 7.92. The molecule has 0 aliphatic heterocycles. The van der Waals surface area contributed by atoms with Gasteiger partial charge in [0, 0.05) is 6.07 Å². The summed E-state index contributed by atoms with van der Waals surface area (Å²) in [5, 5.41) is 14.6. The molecule has 0 aliphatic carbocycles. The van der Waals surface area contributed by atoms with Crippen LogP contribution in [0.1, 0.15) is 11.1 Å². The molecule has 0 fully saturated rings. The first-order valence-corrected chi connectivity index (χ1v) is 9.63. The fraction of sp³-hybridized carbons (Fsp3) is 0.176. The van der Waals surface area contributed by atoms with E-state index in [4.69, 9.17) is 0 Å². The van der Waals surface area contributed by atoms with Crippen LogP contribution in [0, 0.1) is 17.0 Å². The van der Waals surface area contributed by atoms with Crippen LogP contribution in [-0.2, 0) is 14.8 Å². The molecule has 9 nitrogen and oxygen atoms in total. The van der Waals surface area contributed by atoms with Gasteiger partial charge in [-0.1, -0.05) is 29.8 Å². The van der Waals surface area contributed by atoms with E-state index in [1.807, 2.05) is 6.92 Å². The number of nitrogens with zero attached hydrogens (tertiary/aromatic N) is 3. The summed E-state index contributed by atoms with van der Waals surface area (Å²) in [4.78, 5) is 22.5. The number of anilines is 1. The van der Waals surface area contributed by atoms with Gasteiger partial charge >= 0.3 is 0 Å². The number of benzene rings is 2. The minimum Gasteiger partial charge on any atom is -0.271 e. The van der Waals surface area contributed by atoms with Gasteiger partial charge in [-0.3, -0.25) is 19.2 Å². The predicted octanol–water partition coefficient (Wildman–Crippen LogP) is 1.82. The second-order valence-corrected chi connectivity index (χ2v) is 7.62. The molecule has 0 bridgehead atoms. The molecule has 10 heteroatoms. The largest absolute Gasteiger partial charge is 0.278 e. The van der Waals surface area contributed by atoms with Crippen molar-refractivity contribution in [1.82, 2.24) is 5.43 Å². The van der Waals surface area contributed by atoms with Crippen LogP contribution in [0.25, 0.3) is 0 Å². The number of carbonyl (C=O) groups is 1. The van der Waals surface area contributed by atoms with Crippen molar-refractivity contribution >= 4 is 33.5 Å². The number of rotatable bonds is 7. The van der Waals surface area contributed by atoms with E-state index < -0.39 is 27.4 Å². The van der Waals surface area contributed by atoms with Crippen LogP contribution in [0.3, 0.4) is 0 Å². The molecule has 0 aliphatic rings. The Morgan fingerprint density at radius 1 is 1.22 bits per heavy atom. The average molecular weight is 390 g/mol. The molecule has 0 heterocycles. The maximum atomic E-state index is 12.1. The summed E-state index contributed by atoms with van der Waals surface area (Å²) in [5.74, 6) is -0.684. The van der Waals surface area contributed by atoms with Crippen molar-refractivity contribution in [2.75, 3.05) is 17.1 Å². The van der Waals surface area contributed by atoms with Gasteiger partial charge in [-0.05, 0) is 25.1 Å². The number of hydrogen-bond acceptors (Lipinski definition) is 6. The Balaban J connectivity index is 2.11. The molecule has 2 aromatic rings. The molecule has 0 aromatic heterocycles. The van der Waals surface area contributed by atoms with Crippen molar-refractivity contribution in [3.05, 3.63) is 69.8 Å². The minimum absolute atomic E-state index is 0.159. The summed E-state index contributed by atoms with van der Waals surface area (Å²) >= 11 is 0. The zero-order chi connectivity index (χ0) is 20.0. The summed E-state index contributed by atoms with van der Waals surface area (Å²) in [5.41, 5.74) is 3.53. The molecule has 1 N–H and O–H groups in total. The third kappa shape index (κ3) is 5.61. The zero-order valence-electron chi connectivity index (χ0n) is 14.7. The third-order valence-electron chi connectivity index (χ3n) is 3.54. The van der Waals surface area contributed by atoms with Crippen molar-refractivity contribution in [3.8, 4) is 0 Å². The number of sulfonamides is 1. The maximum absolute atomic E-state index is 12.1. The molecule has 0 saturated heterocycles. The van der Waals surface area contributed by atoms with Crippen LogP contribution >= 0.6 is 0 Å². The lowest BCUT2D eigenvalue weighted by Gasteiger charge is -2.21. The van der Waals surface area contributed by atoms with Crippen LogP contribution in [0.2, 0.25) is 0 Å². The molecule has 27 heavy (non-hydrogen) atoms. The van der Waals surface area contributed by atoms with Gasteiger partial charge in [0.25, 0.3) is 11.6 Å². The second kappa shape index (κ2) is 8.41. The molecule has 0 atom stereocenters. The Bertz CT molecular complexity index is 971. The number of nitro groups is 1. The normalized spacial score (nSPS) is 11.3. The Kier molecular flexibility index (Phi) is 6.24. The molecule has 0 spiro atoms. The highest BCUT2D eigenvalue weighted by Crippen LogP contribution is 2.18. The topological polar surface area (TPSA) is 122 Å². The summed E-state index contributed by atoms with van der Waals surface area (Å²) in [7, 11) is -3.69. The zero-order valence-corrected chi connectivity index (χ0v) is 15.5. The van der Waals surface area contributed by atoms with Gasteiger partial charge in [0.15, 0.2) is 0 Å². The highest BCUT2D eigenvalue weighted by atomic mass is 32.2. The van der Waals surface area contributed by atoms with E-state index in [-0.39, 0.29) is 11.3 Å². The van der Waals surface area contributed by atoms with Gasteiger partial charge in [0.1, 0.15) is 6.54 Å². The van der Waals surface area contributed by atoms with E-state index in [0.717, 1.165) is 22.3 Å². The standard InChI is InChI=1S/C17H18N4O5S/c1-13-7-9-15(10-8-13)20(27(2,25)26)12-17(22)19-18-11-14-5-3-4-6-16(14)21(23)24/h3-11H,12H2,1-2H3,(H,19,22)/b18-11-. The summed E-state index contributed by atoms with van der Waals surface area (Å²) in [6.07, 6.45) is 2.13. The molecule has 0 saturated carbocycles. The van der Waals surface area contributed by atoms with Crippen molar-refractivity contribution in [2.45, 2.75) is 6.92 Å². The second-order valence-electron chi connectivity index (χ2n) is 5.71. The van der Waals surface area contributed by atoms with Gasteiger partial charge in [0.2, 0.25) is 10.0 Å². The number of hydrogen-bond donors (Lipinski definition) is 1. The summed E-state index contributed by atoms with van der Waals surface area (Å²) in [6, 6.07) is 12.6. The highest BCUT2D eigenvalue weighted by Gasteiger charge is 2.20. The lowest BCUT2D eigenvalue weighted by molar-refractivity contribution is -0.385. The number of nitro benzene ring substituents is 1. The van der Waals surface area contributed by atoms with Gasteiger partial charge in [-0.25, -0.2) is 13.8 Å². The molecule has 2 aromatic carbocycles.